The van der Waals surface area contributed by atoms with Crippen molar-refractivity contribution in [2.24, 2.45) is 0 Å². The number of fused-ring (bicyclic) bond motifs is 2. The number of anilines is 1. The van der Waals surface area contributed by atoms with Crippen molar-refractivity contribution in [2.45, 2.75) is 6.04 Å². The maximum absolute atomic E-state index is 9.51. The van der Waals surface area contributed by atoms with Crippen LogP contribution in [0.5, 0.6) is 11.5 Å². The molecule has 1 aromatic heterocycles. The van der Waals surface area contributed by atoms with Gasteiger partial charge in [-0.3, -0.25) is 4.98 Å². The summed E-state index contributed by atoms with van der Waals surface area (Å²) in [7, 11) is 0. The van der Waals surface area contributed by atoms with Gasteiger partial charge in [0.1, 0.15) is 18.1 Å². The van der Waals surface area contributed by atoms with Crippen LogP contribution in [0, 0.1) is 0 Å². The molecule has 0 radical (unpaired) electrons. The molecule has 1 aliphatic rings. The number of aromatic nitrogens is 1. The molecular formula is C17H14N2O2. The van der Waals surface area contributed by atoms with E-state index in [1.54, 1.807) is 18.3 Å². The van der Waals surface area contributed by atoms with Gasteiger partial charge >= 0.3 is 0 Å². The van der Waals surface area contributed by atoms with Crippen molar-refractivity contribution >= 4 is 16.6 Å². The van der Waals surface area contributed by atoms with Gasteiger partial charge in [-0.25, -0.2) is 0 Å². The van der Waals surface area contributed by atoms with Gasteiger partial charge in [-0.1, -0.05) is 6.07 Å². The Balaban J connectivity index is 1.71. The fourth-order valence-electron chi connectivity index (χ4n) is 2.74. The molecule has 0 saturated carbocycles. The van der Waals surface area contributed by atoms with Crippen molar-refractivity contribution in [2.75, 3.05) is 11.9 Å². The molecule has 0 fully saturated rings. The van der Waals surface area contributed by atoms with Gasteiger partial charge in [0.25, 0.3) is 0 Å². The SMILES string of the molecule is Oc1ccc2c(c1)OCC2Nc1cccc2ncccc12. The highest BCUT2D eigenvalue weighted by Gasteiger charge is 2.24. The molecule has 2 aromatic carbocycles. The fourth-order valence-corrected chi connectivity index (χ4v) is 2.74. The largest absolute Gasteiger partial charge is 0.508 e. The van der Waals surface area contributed by atoms with Gasteiger partial charge in [0.05, 0.1) is 11.6 Å². The van der Waals surface area contributed by atoms with Crippen LogP contribution in [0.4, 0.5) is 5.69 Å². The number of hydrogen-bond donors (Lipinski definition) is 2. The summed E-state index contributed by atoms with van der Waals surface area (Å²) in [6, 6.07) is 15.3. The predicted octanol–water partition coefficient (Wildman–Crippen LogP) is 3.49. The van der Waals surface area contributed by atoms with Crippen molar-refractivity contribution in [1.29, 1.82) is 0 Å². The number of nitrogens with zero attached hydrogens (tertiary/aromatic N) is 1. The number of phenols is 1. The van der Waals surface area contributed by atoms with Crippen LogP contribution >= 0.6 is 0 Å². The molecule has 1 atom stereocenters. The molecule has 3 aromatic rings. The molecule has 2 heterocycles. The van der Waals surface area contributed by atoms with Crippen LogP contribution in [0.1, 0.15) is 11.6 Å². The molecule has 4 heteroatoms. The summed E-state index contributed by atoms with van der Waals surface area (Å²) in [5.74, 6) is 0.967. The maximum atomic E-state index is 9.51. The molecule has 0 aliphatic carbocycles. The van der Waals surface area contributed by atoms with Crippen LogP contribution in [-0.2, 0) is 0 Å². The van der Waals surface area contributed by atoms with Crippen LogP contribution in [-0.4, -0.2) is 16.7 Å². The normalized spacial score (nSPS) is 16.5. The van der Waals surface area contributed by atoms with Gasteiger partial charge in [0, 0.05) is 28.9 Å². The van der Waals surface area contributed by atoms with Gasteiger partial charge in [-0.2, -0.15) is 0 Å². The molecule has 4 rings (SSSR count). The standard InChI is InChI=1S/C17H14N2O2/c20-11-6-7-13-16(10-21-17(13)9-11)19-15-5-1-4-14-12(15)3-2-8-18-14/h1-9,16,19-20H,10H2. The third kappa shape index (κ3) is 2.05. The third-order valence-corrected chi connectivity index (χ3v) is 3.75. The second-order valence-corrected chi connectivity index (χ2v) is 5.11. The summed E-state index contributed by atoms with van der Waals surface area (Å²) in [5.41, 5.74) is 3.07. The molecule has 1 aliphatic heterocycles. The first kappa shape index (κ1) is 12.0. The van der Waals surface area contributed by atoms with E-state index in [1.807, 2.05) is 30.3 Å². The Bertz CT molecular complexity index is 811. The van der Waals surface area contributed by atoms with E-state index >= 15 is 0 Å². The van der Waals surface area contributed by atoms with Gasteiger partial charge in [0.15, 0.2) is 0 Å². The molecule has 1 unspecified atom stereocenters. The van der Waals surface area contributed by atoms with Crippen LogP contribution < -0.4 is 10.1 Å². The Labute approximate surface area is 122 Å². The minimum atomic E-state index is 0.0754. The average molecular weight is 278 g/mol. The first-order chi connectivity index (χ1) is 10.3. The highest BCUT2D eigenvalue weighted by molar-refractivity contribution is 5.91. The Kier molecular flexibility index (Phi) is 2.67. The smallest absolute Gasteiger partial charge is 0.128 e. The molecular weight excluding hydrogens is 264 g/mol. The minimum absolute atomic E-state index is 0.0754. The third-order valence-electron chi connectivity index (χ3n) is 3.75. The maximum Gasteiger partial charge on any atom is 0.128 e. The van der Waals surface area contributed by atoms with Gasteiger partial charge in [0.2, 0.25) is 0 Å². The number of pyridine rings is 1. The summed E-state index contributed by atoms with van der Waals surface area (Å²) in [5, 5.41) is 14.1. The number of aromatic hydroxyl groups is 1. The van der Waals surface area contributed by atoms with E-state index in [0.29, 0.717) is 6.61 Å². The summed E-state index contributed by atoms with van der Waals surface area (Å²) in [6.45, 7) is 0.551. The molecule has 0 spiro atoms. The average Bonchev–Trinajstić information content (AvgIpc) is 2.90. The van der Waals surface area contributed by atoms with Crippen molar-refractivity contribution in [3.63, 3.8) is 0 Å². The number of hydrogen-bond acceptors (Lipinski definition) is 4. The second kappa shape index (κ2) is 4.66. The molecule has 2 N–H and O–H groups in total. The van der Waals surface area contributed by atoms with Gasteiger partial charge in [-0.05, 0) is 36.4 Å². The lowest BCUT2D eigenvalue weighted by Crippen LogP contribution is -2.12. The number of benzene rings is 2. The Morgan fingerprint density at radius 2 is 2.10 bits per heavy atom. The van der Waals surface area contributed by atoms with E-state index < -0.39 is 0 Å². The first-order valence-electron chi connectivity index (χ1n) is 6.87. The van der Waals surface area contributed by atoms with Crippen molar-refractivity contribution in [3.05, 3.63) is 60.3 Å². The lowest BCUT2D eigenvalue weighted by molar-refractivity contribution is 0.338. The predicted molar refractivity (Wildman–Crippen MR) is 81.7 cm³/mol. The van der Waals surface area contributed by atoms with E-state index in [-0.39, 0.29) is 11.8 Å². The number of phenolic OH excluding ortho intramolecular Hbond substituents is 1. The Hall–Kier alpha value is -2.75. The van der Waals surface area contributed by atoms with Crippen LogP contribution in [0.3, 0.4) is 0 Å². The summed E-state index contributed by atoms with van der Waals surface area (Å²) in [6.07, 6.45) is 1.79. The van der Waals surface area contributed by atoms with E-state index in [1.165, 1.54) is 0 Å². The van der Waals surface area contributed by atoms with Crippen molar-refractivity contribution in [3.8, 4) is 11.5 Å². The zero-order chi connectivity index (χ0) is 14.2. The van der Waals surface area contributed by atoms with E-state index in [9.17, 15) is 5.11 Å². The number of ether oxygens (including phenoxy) is 1. The zero-order valence-corrected chi connectivity index (χ0v) is 11.3. The van der Waals surface area contributed by atoms with Crippen molar-refractivity contribution in [1.82, 2.24) is 4.98 Å². The molecule has 4 nitrogen and oxygen atoms in total. The minimum Gasteiger partial charge on any atom is -0.508 e. The van der Waals surface area contributed by atoms with Crippen LogP contribution in [0.25, 0.3) is 10.9 Å². The highest BCUT2D eigenvalue weighted by atomic mass is 16.5. The Morgan fingerprint density at radius 1 is 1.14 bits per heavy atom. The second-order valence-electron chi connectivity index (χ2n) is 5.11. The lowest BCUT2D eigenvalue weighted by atomic mass is 10.1. The molecule has 0 amide bonds. The summed E-state index contributed by atoms with van der Waals surface area (Å²) in [4.78, 5) is 4.37. The van der Waals surface area contributed by atoms with E-state index in [2.05, 4.69) is 16.4 Å². The Morgan fingerprint density at radius 3 is 3.05 bits per heavy atom. The molecule has 0 saturated heterocycles. The van der Waals surface area contributed by atoms with Gasteiger partial charge < -0.3 is 15.2 Å². The quantitative estimate of drug-likeness (QED) is 0.753. The van der Waals surface area contributed by atoms with Gasteiger partial charge in [-0.15, -0.1) is 0 Å². The zero-order valence-electron chi connectivity index (χ0n) is 11.3. The van der Waals surface area contributed by atoms with Crippen LogP contribution in [0.15, 0.2) is 54.7 Å². The lowest BCUT2D eigenvalue weighted by Gasteiger charge is -2.15. The summed E-state index contributed by atoms with van der Waals surface area (Å²) >= 11 is 0. The van der Waals surface area contributed by atoms with Crippen molar-refractivity contribution < 1.29 is 9.84 Å². The molecule has 0 bridgehead atoms. The number of nitrogens with one attached hydrogen (secondary N) is 1. The fraction of sp³-hybridized carbons (Fsp3) is 0.118. The topological polar surface area (TPSA) is 54.4 Å². The van der Waals surface area contributed by atoms with E-state index in [4.69, 9.17) is 4.74 Å². The van der Waals surface area contributed by atoms with E-state index in [0.717, 1.165) is 27.9 Å². The monoisotopic (exact) mass is 278 g/mol. The molecule has 21 heavy (non-hydrogen) atoms. The summed E-state index contributed by atoms with van der Waals surface area (Å²) < 4.78 is 5.64. The first-order valence-corrected chi connectivity index (χ1v) is 6.87. The molecule has 104 valence electrons. The number of rotatable bonds is 2. The van der Waals surface area contributed by atoms with Crippen LogP contribution in [0.2, 0.25) is 0 Å². The highest BCUT2D eigenvalue weighted by Crippen LogP contribution is 2.37.